The first kappa shape index (κ1) is 13.1. The van der Waals surface area contributed by atoms with E-state index < -0.39 is 0 Å². The maximum absolute atomic E-state index is 4.58. The molecule has 112 valence electrons. The molecule has 0 radical (unpaired) electrons. The van der Waals surface area contributed by atoms with Gasteiger partial charge < -0.3 is 14.6 Å². The van der Waals surface area contributed by atoms with E-state index >= 15 is 0 Å². The van der Waals surface area contributed by atoms with Gasteiger partial charge in [-0.25, -0.2) is 15.0 Å². The Balaban J connectivity index is 1.54. The Labute approximate surface area is 128 Å². The molecule has 0 aliphatic carbocycles. The molecule has 0 bridgehead atoms. The van der Waals surface area contributed by atoms with E-state index in [0.717, 1.165) is 35.9 Å². The lowest BCUT2D eigenvalue weighted by atomic mass is 10.1. The number of nitrogens with one attached hydrogen (secondary N) is 1. The van der Waals surface area contributed by atoms with Gasteiger partial charge in [0.05, 0.1) is 24.4 Å². The van der Waals surface area contributed by atoms with Crippen LogP contribution in [0.25, 0.3) is 5.52 Å². The van der Waals surface area contributed by atoms with Crippen LogP contribution in [-0.2, 0) is 0 Å². The van der Waals surface area contributed by atoms with Gasteiger partial charge in [-0.2, -0.15) is 0 Å². The van der Waals surface area contributed by atoms with E-state index in [0.29, 0.717) is 0 Å². The summed E-state index contributed by atoms with van der Waals surface area (Å²) < 4.78 is 1.94. The van der Waals surface area contributed by atoms with E-state index in [9.17, 15) is 0 Å². The van der Waals surface area contributed by atoms with Gasteiger partial charge in [0.1, 0.15) is 11.3 Å². The number of nitrogens with zero attached hydrogens (tertiary/aromatic N) is 5. The van der Waals surface area contributed by atoms with E-state index in [-0.39, 0.29) is 0 Å². The van der Waals surface area contributed by atoms with Crippen molar-refractivity contribution in [1.82, 2.24) is 19.4 Å². The van der Waals surface area contributed by atoms with Crippen molar-refractivity contribution in [2.24, 2.45) is 0 Å². The number of pyridine rings is 1. The number of imidazole rings is 1. The van der Waals surface area contributed by atoms with Gasteiger partial charge in [0.2, 0.25) is 0 Å². The molecule has 4 heterocycles. The van der Waals surface area contributed by atoms with E-state index in [4.69, 9.17) is 0 Å². The summed E-state index contributed by atoms with van der Waals surface area (Å²) in [4.78, 5) is 15.4. The molecule has 1 aliphatic heterocycles. The van der Waals surface area contributed by atoms with Crippen molar-refractivity contribution in [3.63, 3.8) is 0 Å². The molecular formula is C16H18N6. The molecule has 0 spiro atoms. The fourth-order valence-corrected chi connectivity index (χ4v) is 2.86. The number of hydrogen-bond acceptors (Lipinski definition) is 5. The van der Waals surface area contributed by atoms with Crippen LogP contribution < -0.4 is 10.2 Å². The third kappa shape index (κ3) is 2.47. The molecule has 0 amide bonds. The zero-order valence-corrected chi connectivity index (χ0v) is 12.3. The van der Waals surface area contributed by atoms with Gasteiger partial charge in [0.25, 0.3) is 0 Å². The second kappa shape index (κ2) is 5.63. The summed E-state index contributed by atoms with van der Waals surface area (Å²) in [5.41, 5.74) is 1.88. The Morgan fingerprint density at radius 1 is 1.00 bits per heavy atom. The zero-order valence-electron chi connectivity index (χ0n) is 12.3. The molecule has 6 nitrogen and oxygen atoms in total. The molecule has 1 N–H and O–H groups in total. The van der Waals surface area contributed by atoms with Crippen molar-refractivity contribution in [1.29, 1.82) is 0 Å². The first-order valence-corrected chi connectivity index (χ1v) is 7.65. The predicted molar refractivity (Wildman–Crippen MR) is 86.6 cm³/mol. The average Bonchev–Trinajstić information content (AvgIpc) is 3.06. The number of fused-ring (bicyclic) bond motifs is 1. The van der Waals surface area contributed by atoms with Crippen molar-refractivity contribution in [2.45, 2.75) is 19.3 Å². The van der Waals surface area contributed by atoms with Crippen molar-refractivity contribution in [3.05, 3.63) is 43.2 Å². The fraction of sp³-hybridized carbons (Fsp3) is 0.312. The van der Waals surface area contributed by atoms with Crippen LogP contribution in [0.4, 0.5) is 17.3 Å². The first-order valence-electron chi connectivity index (χ1n) is 7.65. The van der Waals surface area contributed by atoms with E-state index in [2.05, 4.69) is 37.3 Å². The van der Waals surface area contributed by atoms with Gasteiger partial charge in [-0.3, -0.25) is 0 Å². The molecule has 1 saturated heterocycles. The quantitative estimate of drug-likeness (QED) is 0.805. The third-order valence-electron chi connectivity index (χ3n) is 4.03. The molecule has 1 aliphatic rings. The topological polar surface area (TPSA) is 58.4 Å². The molecule has 3 aromatic rings. The Morgan fingerprint density at radius 3 is 2.73 bits per heavy atom. The Bertz CT molecular complexity index is 758. The molecule has 1 fully saturated rings. The van der Waals surface area contributed by atoms with Gasteiger partial charge in [-0.1, -0.05) is 0 Å². The van der Waals surface area contributed by atoms with Crippen molar-refractivity contribution in [2.75, 3.05) is 23.3 Å². The number of piperidine rings is 1. The largest absolute Gasteiger partial charge is 0.357 e. The molecular weight excluding hydrogens is 276 g/mol. The highest BCUT2D eigenvalue weighted by Gasteiger charge is 2.12. The van der Waals surface area contributed by atoms with Crippen LogP contribution >= 0.6 is 0 Å². The van der Waals surface area contributed by atoms with Crippen LogP contribution in [-0.4, -0.2) is 32.4 Å². The second-order valence-corrected chi connectivity index (χ2v) is 5.54. The minimum absolute atomic E-state index is 0.785. The molecule has 0 unspecified atom stereocenters. The molecule has 4 rings (SSSR count). The number of rotatable bonds is 3. The molecule has 0 atom stereocenters. The summed E-state index contributed by atoms with van der Waals surface area (Å²) in [5, 5.41) is 3.31. The lowest BCUT2D eigenvalue weighted by Gasteiger charge is -2.27. The van der Waals surface area contributed by atoms with Crippen LogP contribution in [0.1, 0.15) is 19.3 Å². The first-order chi connectivity index (χ1) is 10.9. The number of anilines is 3. The van der Waals surface area contributed by atoms with Gasteiger partial charge in [0, 0.05) is 25.5 Å². The molecule has 0 aromatic carbocycles. The van der Waals surface area contributed by atoms with E-state index in [1.54, 1.807) is 18.7 Å². The fourth-order valence-electron chi connectivity index (χ4n) is 2.86. The summed E-state index contributed by atoms with van der Waals surface area (Å²) in [6, 6.07) is 4.13. The van der Waals surface area contributed by atoms with Gasteiger partial charge in [-0.05, 0) is 31.4 Å². The highest BCUT2D eigenvalue weighted by atomic mass is 15.2. The van der Waals surface area contributed by atoms with E-state index in [1.807, 2.05) is 16.8 Å². The predicted octanol–water partition coefficient (Wildman–Crippen LogP) is 2.86. The highest BCUT2D eigenvalue weighted by Crippen LogP contribution is 2.22. The van der Waals surface area contributed by atoms with Crippen molar-refractivity contribution >= 4 is 22.8 Å². The summed E-state index contributed by atoms with van der Waals surface area (Å²) in [5.74, 6) is 1.84. The lowest BCUT2D eigenvalue weighted by Crippen LogP contribution is -2.29. The zero-order chi connectivity index (χ0) is 14.8. The summed E-state index contributed by atoms with van der Waals surface area (Å²) in [6.07, 6.45) is 12.9. The Morgan fingerprint density at radius 2 is 1.91 bits per heavy atom. The summed E-state index contributed by atoms with van der Waals surface area (Å²) >= 11 is 0. The highest BCUT2D eigenvalue weighted by molar-refractivity contribution is 5.72. The van der Waals surface area contributed by atoms with Crippen LogP contribution in [0.5, 0.6) is 0 Å². The molecule has 22 heavy (non-hydrogen) atoms. The normalized spacial score (nSPS) is 15.2. The summed E-state index contributed by atoms with van der Waals surface area (Å²) in [7, 11) is 0. The maximum atomic E-state index is 4.58. The molecule has 0 saturated carbocycles. The van der Waals surface area contributed by atoms with Gasteiger partial charge in [0.15, 0.2) is 5.82 Å². The lowest BCUT2D eigenvalue weighted by molar-refractivity contribution is 0.573. The molecule has 6 heteroatoms. The van der Waals surface area contributed by atoms with Crippen LogP contribution in [0, 0.1) is 0 Å². The van der Waals surface area contributed by atoms with E-state index in [1.165, 1.54) is 19.3 Å². The van der Waals surface area contributed by atoms with Crippen LogP contribution in [0.15, 0.2) is 43.2 Å². The van der Waals surface area contributed by atoms with Crippen molar-refractivity contribution < 1.29 is 0 Å². The van der Waals surface area contributed by atoms with Crippen molar-refractivity contribution in [3.8, 4) is 0 Å². The number of hydrogen-bond donors (Lipinski definition) is 1. The maximum Gasteiger partial charge on any atom is 0.156 e. The van der Waals surface area contributed by atoms with Gasteiger partial charge >= 0.3 is 0 Å². The standard InChI is InChI=1S/C16H18N6/c1-2-7-21(8-3-1)15-5-4-13(10-19-15)20-16-14-11-17-12-22(14)9-6-18-16/h4-6,9-12H,1-3,7-8H2,(H,18,20). The molecule has 3 aromatic heterocycles. The average molecular weight is 294 g/mol. The summed E-state index contributed by atoms with van der Waals surface area (Å²) in [6.45, 7) is 2.22. The van der Waals surface area contributed by atoms with Crippen LogP contribution in [0.2, 0.25) is 0 Å². The third-order valence-corrected chi connectivity index (χ3v) is 4.03. The second-order valence-electron chi connectivity index (χ2n) is 5.54. The minimum atomic E-state index is 0.785. The SMILES string of the molecule is c1cn2cncc2c(Nc2ccc(N3CCCCC3)nc2)n1. The van der Waals surface area contributed by atoms with Gasteiger partial charge in [-0.15, -0.1) is 0 Å². The number of aromatic nitrogens is 4. The Hall–Kier alpha value is -2.63. The monoisotopic (exact) mass is 294 g/mol. The minimum Gasteiger partial charge on any atom is -0.357 e. The van der Waals surface area contributed by atoms with Crippen LogP contribution in [0.3, 0.4) is 0 Å². The Kier molecular flexibility index (Phi) is 3.34. The smallest absolute Gasteiger partial charge is 0.156 e.